The molecule has 0 unspecified atom stereocenters. The summed E-state index contributed by atoms with van der Waals surface area (Å²) in [5.74, 6) is -1.02. The number of fused-ring (bicyclic) bond motifs is 5. The van der Waals surface area contributed by atoms with E-state index >= 15 is 0 Å². The number of hydrogen-bond acceptors (Lipinski definition) is 3. The molecule has 0 saturated heterocycles. The van der Waals surface area contributed by atoms with E-state index in [1.54, 1.807) is 41.8 Å². The van der Waals surface area contributed by atoms with Gasteiger partial charge in [-0.3, -0.25) is 19.3 Å². The maximum Gasteiger partial charge on any atom is 0.263 e. The van der Waals surface area contributed by atoms with Crippen molar-refractivity contribution < 1.29 is 14.4 Å². The number of nitrogens with zero attached hydrogens (tertiary/aromatic N) is 2. The molecule has 0 aliphatic carbocycles. The first-order valence-corrected chi connectivity index (χ1v) is 9.15. The predicted molar refractivity (Wildman–Crippen MR) is 106 cm³/mol. The predicted octanol–water partition coefficient (Wildman–Crippen LogP) is 3.94. The maximum absolute atomic E-state index is 13.4. The maximum atomic E-state index is 13.4. The lowest BCUT2D eigenvalue weighted by Crippen LogP contribution is -2.30. The van der Waals surface area contributed by atoms with Crippen LogP contribution in [0.2, 0.25) is 0 Å². The van der Waals surface area contributed by atoms with Crippen molar-refractivity contribution in [1.29, 1.82) is 0 Å². The number of carbonyl (C=O) groups is 3. The van der Waals surface area contributed by atoms with Gasteiger partial charge in [-0.1, -0.05) is 54.6 Å². The molecule has 5 nitrogen and oxygen atoms in total. The van der Waals surface area contributed by atoms with Crippen LogP contribution in [0.1, 0.15) is 43.7 Å². The Morgan fingerprint density at radius 1 is 0.857 bits per heavy atom. The number of amides is 2. The van der Waals surface area contributed by atoms with Crippen molar-refractivity contribution in [2.24, 2.45) is 0 Å². The Hall–Kier alpha value is -3.73. The molecule has 28 heavy (non-hydrogen) atoms. The molecule has 3 heterocycles. The van der Waals surface area contributed by atoms with E-state index in [9.17, 15) is 14.4 Å². The molecule has 1 aliphatic rings. The topological polar surface area (TPSA) is 58.9 Å². The lowest BCUT2D eigenvalue weighted by molar-refractivity contribution is 0.0660. The van der Waals surface area contributed by atoms with Gasteiger partial charge in [0, 0.05) is 23.7 Å². The van der Waals surface area contributed by atoms with Gasteiger partial charge in [-0.2, -0.15) is 0 Å². The van der Waals surface area contributed by atoms with Gasteiger partial charge in [-0.05, 0) is 18.4 Å². The van der Waals surface area contributed by atoms with Gasteiger partial charge >= 0.3 is 0 Å². The highest BCUT2D eigenvalue weighted by Crippen LogP contribution is 2.36. The van der Waals surface area contributed by atoms with Crippen molar-refractivity contribution in [3.8, 4) is 0 Å². The smallest absolute Gasteiger partial charge is 0.263 e. The second kappa shape index (κ2) is 5.89. The molecule has 0 bridgehead atoms. The van der Waals surface area contributed by atoms with E-state index in [1.807, 2.05) is 36.4 Å². The zero-order valence-electron chi connectivity index (χ0n) is 15.2. The van der Waals surface area contributed by atoms with Gasteiger partial charge in [0.15, 0.2) is 0 Å². The quantitative estimate of drug-likeness (QED) is 0.407. The van der Waals surface area contributed by atoms with Gasteiger partial charge in [-0.15, -0.1) is 0 Å². The van der Waals surface area contributed by atoms with E-state index in [2.05, 4.69) is 0 Å². The summed E-state index contributed by atoms with van der Waals surface area (Å²) >= 11 is 0. The summed E-state index contributed by atoms with van der Waals surface area (Å²) in [4.78, 5) is 40.7. The van der Waals surface area contributed by atoms with Crippen LogP contribution in [0.3, 0.4) is 0 Å². The van der Waals surface area contributed by atoms with Gasteiger partial charge in [0.25, 0.3) is 11.8 Å². The first kappa shape index (κ1) is 16.4. The molecule has 4 aromatic rings. The molecule has 0 radical (unpaired) electrons. The number of ketones is 1. The summed E-state index contributed by atoms with van der Waals surface area (Å²) in [6.45, 7) is 2.02. The average molecular weight is 368 g/mol. The molecule has 2 aromatic carbocycles. The Labute approximate surface area is 160 Å². The number of aromatic nitrogens is 1. The number of hydrogen-bond donors (Lipinski definition) is 0. The largest absolute Gasteiger partial charge is 0.311 e. The van der Waals surface area contributed by atoms with E-state index in [0.717, 1.165) is 10.8 Å². The third-order valence-electron chi connectivity index (χ3n) is 5.31. The highest BCUT2D eigenvalue weighted by Gasteiger charge is 2.42. The van der Waals surface area contributed by atoms with Gasteiger partial charge in [-0.25, -0.2) is 0 Å². The fourth-order valence-corrected chi connectivity index (χ4v) is 4.03. The number of carbonyl (C=O) groups excluding carboxylic acids is 3. The van der Waals surface area contributed by atoms with Crippen LogP contribution in [0.4, 0.5) is 0 Å². The molecule has 2 aromatic heterocycles. The zero-order valence-corrected chi connectivity index (χ0v) is 15.2. The average Bonchev–Trinajstić information content (AvgIpc) is 3.21. The molecule has 0 N–H and O–H groups in total. The molecular formula is C23H16N2O3. The van der Waals surface area contributed by atoms with Crippen LogP contribution in [-0.2, 0) is 0 Å². The van der Waals surface area contributed by atoms with Crippen molar-refractivity contribution >= 4 is 33.9 Å². The summed E-state index contributed by atoms with van der Waals surface area (Å²) < 4.78 is 1.70. The van der Waals surface area contributed by atoms with Crippen LogP contribution in [0, 0.1) is 0 Å². The van der Waals surface area contributed by atoms with E-state index in [-0.39, 0.29) is 29.5 Å². The lowest BCUT2D eigenvalue weighted by atomic mass is 10.0. The van der Waals surface area contributed by atoms with Gasteiger partial charge in [0.1, 0.15) is 5.69 Å². The van der Waals surface area contributed by atoms with Crippen LogP contribution in [0.25, 0.3) is 16.3 Å². The van der Waals surface area contributed by atoms with E-state index < -0.39 is 5.91 Å². The SMILES string of the molecule is CCN1C(=O)c2c(c3c4ccccc4ccn3c2C(=O)c2ccccc2)C1=O. The van der Waals surface area contributed by atoms with Crippen molar-refractivity contribution in [2.75, 3.05) is 6.54 Å². The van der Waals surface area contributed by atoms with Gasteiger partial charge in [0.05, 0.1) is 16.6 Å². The Balaban J connectivity index is 1.93. The summed E-state index contributed by atoms with van der Waals surface area (Å²) in [6.07, 6.45) is 1.77. The molecule has 0 fully saturated rings. The van der Waals surface area contributed by atoms with Crippen LogP contribution in [-0.4, -0.2) is 33.4 Å². The van der Waals surface area contributed by atoms with Gasteiger partial charge in [0.2, 0.25) is 5.78 Å². The molecular weight excluding hydrogens is 352 g/mol. The third kappa shape index (κ3) is 2.04. The molecule has 0 spiro atoms. The van der Waals surface area contributed by atoms with Crippen LogP contribution >= 0.6 is 0 Å². The Morgan fingerprint density at radius 3 is 2.29 bits per heavy atom. The van der Waals surface area contributed by atoms with Crippen LogP contribution < -0.4 is 0 Å². The first-order chi connectivity index (χ1) is 13.6. The Bertz CT molecular complexity index is 1300. The summed E-state index contributed by atoms with van der Waals surface area (Å²) in [6, 6.07) is 18.4. The monoisotopic (exact) mass is 368 g/mol. The second-order valence-corrected chi connectivity index (χ2v) is 6.77. The molecule has 5 rings (SSSR count). The van der Waals surface area contributed by atoms with Crippen molar-refractivity contribution in [2.45, 2.75) is 6.92 Å². The standard InChI is InChI=1S/C23H16N2O3/c1-2-24-22(27)17-18(23(24)28)20(21(26)15-9-4-3-5-10-15)25-13-12-14-8-6-7-11-16(14)19(17)25/h3-13H,2H2,1H3. The van der Waals surface area contributed by atoms with E-state index in [0.29, 0.717) is 16.6 Å². The Morgan fingerprint density at radius 2 is 1.54 bits per heavy atom. The fraction of sp³-hybridized carbons (Fsp3) is 0.0870. The first-order valence-electron chi connectivity index (χ1n) is 9.15. The third-order valence-corrected chi connectivity index (χ3v) is 5.31. The van der Waals surface area contributed by atoms with Crippen molar-refractivity contribution in [3.63, 3.8) is 0 Å². The summed E-state index contributed by atoms with van der Waals surface area (Å²) in [5.41, 5.74) is 1.87. The molecule has 0 saturated carbocycles. The highest BCUT2D eigenvalue weighted by molar-refractivity contribution is 6.31. The summed E-state index contributed by atoms with van der Waals surface area (Å²) in [7, 11) is 0. The molecule has 136 valence electrons. The van der Waals surface area contributed by atoms with Crippen LogP contribution in [0.5, 0.6) is 0 Å². The lowest BCUT2D eigenvalue weighted by Gasteiger charge is -2.13. The number of pyridine rings is 1. The second-order valence-electron chi connectivity index (χ2n) is 6.77. The van der Waals surface area contributed by atoms with Crippen LogP contribution in [0.15, 0.2) is 66.9 Å². The number of benzene rings is 2. The minimum Gasteiger partial charge on any atom is -0.311 e. The minimum absolute atomic E-state index is 0.206. The van der Waals surface area contributed by atoms with E-state index in [1.165, 1.54) is 4.90 Å². The Kier molecular flexibility index (Phi) is 3.46. The summed E-state index contributed by atoms with van der Waals surface area (Å²) in [5, 5.41) is 1.79. The highest BCUT2D eigenvalue weighted by atomic mass is 16.2. The molecule has 0 atom stereocenters. The number of rotatable bonds is 3. The van der Waals surface area contributed by atoms with Gasteiger partial charge < -0.3 is 4.40 Å². The zero-order chi connectivity index (χ0) is 19.4. The van der Waals surface area contributed by atoms with Crippen molar-refractivity contribution in [3.05, 3.63) is 89.2 Å². The molecule has 2 amide bonds. The molecule has 5 heteroatoms. The number of imide groups is 1. The normalized spacial score (nSPS) is 13.5. The van der Waals surface area contributed by atoms with Crippen molar-refractivity contribution in [1.82, 2.24) is 9.30 Å². The van der Waals surface area contributed by atoms with E-state index in [4.69, 9.17) is 0 Å². The molecule has 1 aliphatic heterocycles. The minimum atomic E-state index is -0.408. The fourth-order valence-electron chi connectivity index (χ4n) is 4.03.